The molecule has 0 aromatic heterocycles. The maximum Gasteiger partial charge on any atom is 0.119 e. The summed E-state index contributed by atoms with van der Waals surface area (Å²) in [5.41, 5.74) is 5.82. The molecule has 0 radical (unpaired) electrons. The van der Waals surface area contributed by atoms with E-state index in [1.54, 1.807) is 28.4 Å². The van der Waals surface area contributed by atoms with E-state index in [9.17, 15) is 0 Å². The summed E-state index contributed by atoms with van der Waals surface area (Å²) in [6.45, 7) is 15.2. The molecule has 82 heavy (non-hydrogen) atoms. The summed E-state index contributed by atoms with van der Waals surface area (Å²) in [4.78, 5) is 0. The van der Waals surface area contributed by atoms with E-state index in [0.717, 1.165) is 33.4 Å². The highest BCUT2D eigenvalue weighted by molar-refractivity contribution is 6.04. The van der Waals surface area contributed by atoms with Gasteiger partial charge in [-0.05, 0) is 81.9 Å². The Hall–Kier alpha value is -4.82. The van der Waals surface area contributed by atoms with Crippen LogP contribution in [0.3, 0.4) is 0 Å². The number of rotatable bonds is 56. The van der Waals surface area contributed by atoms with Crippen LogP contribution in [0.4, 0.5) is 0 Å². The average molecular weight is 1160 g/mol. The van der Waals surface area contributed by atoms with E-state index in [-0.39, 0.29) is 0 Å². The van der Waals surface area contributed by atoms with E-state index < -0.39 is 0 Å². The molecule has 0 saturated heterocycles. The topological polar surface area (TPSA) is 185 Å². The van der Waals surface area contributed by atoms with Crippen LogP contribution in [-0.4, -0.2) is 240 Å². The van der Waals surface area contributed by atoms with Gasteiger partial charge >= 0.3 is 0 Å². The van der Waals surface area contributed by atoms with Gasteiger partial charge in [-0.15, -0.1) is 0 Å². The summed E-state index contributed by atoms with van der Waals surface area (Å²) >= 11 is 0. The quantitative estimate of drug-likeness (QED) is 0.0325. The molecule has 0 atom stereocenters. The predicted molar refractivity (Wildman–Crippen MR) is 310 cm³/mol. The van der Waals surface area contributed by atoms with Crippen molar-refractivity contribution in [3.8, 4) is 23.0 Å². The second kappa shape index (κ2) is 49.6. The van der Waals surface area contributed by atoms with Crippen molar-refractivity contribution in [2.75, 3.05) is 240 Å². The Kier molecular flexibility index (Phi) is 42.1. The highest BCUT2D eigenvalue weighted by Gasteiger charge is 2.18. The minimum Gasteiger partial charge on any atom is -0.491 e. The van der Waals surface area contributed by atoms with Gasteiger partial charge in [0.1, 0.15) is 49.4 Å². The van der Waals surface area contributed by atoms with E-state index in [1.807, 2.05) is 48.5 Å². The van der Waals surface area contributed by atoms with E-state index in [1.165, 1.54) is 0 Å². The molecule has 4 aromatic carbocycles. The van der Waals surface area contributed by atoms with Gasteiger partial charge in [0.2, 0.25) is 0 Å². The fourth-order valence-electron chi connectivity index (χ4n) is 7.39. The lowest BCUT2D eigenvalue weighted by atomic mass is 9.85. The summed E-state index contributed by atoms with van der Waals surface area (Å²) in [5, 5.41) is 0. The highest BCUT2D eigenvalue weighted by Crippen LogP contribution is 2.39. The Labute approximate surface area is 486 Å². The number of hydrogen-bond donors (Lipinski definition) is 0. The molecule has 0 amide bonds. The van der Waals surface area contributed by atoms with Crippen molar-refractivity contribution in [2.24, 2.45) is 0 Å². The summed E-state index contributed by atoms with van der Waals surface area (Å²) in [6, 6.07) is 32.4. The maximum atomic E-state index is 6.13. The predicted octanol–water partition coefficient (Wildman–Crippen LogP) is 6.99. The smallest absolute Gasteiger partial charge is 0.119 e. The van der Waals surface area contributed by atoms with Crippen molar-refractivity contribution in [1.82, 2.24) is 0 Å². The maximum absolute atomic E-state index is 6.13. The van der Waals surface area contributed by atoms with Crippen LogP contribution < -0.4 is 18.9 Å². The Balaban J connectivity index is 1.49. The molecular weight excluding hydrogens is 1060 g/mol. The zero-order valence-corrected chi connectivity index (χ0v) is 49.0. The summed E-state index contributed by atoms with van der Waals surface area (Å²) in [6.07, 6.45) is 0. The monoisotopic (exact) mass is 1160 g/mol. The summed E-state index contributed by atoms with van der Waals surface area (Å²) in [5.74, 6) is 2.85. The lowest BCUT2D eigenvalue weighted by Gasteiger charge is -2.19. The van der Waals surface area contributed by atoms with Crippen molar-refractivity contribution in [3.63, 3.8) is 0 Å². The first-order valence-electron chi connectivity index (χ1n) is 28.2. The van der Waals surface area contributed by atoms with Crippen LogP contribution in [0, 0.1) is 0 Å². The van der Waals surface area contributed by atoms with Gasteiger partial charge in [0, 0.05) is 28.4 Å². The third kappa shape index (κ3) is 33.5. The van der Waals surface area contributed by atoms with E-state index >= 15 is 0 Å². The van der Waals surface area contributed by atoms with Gasteiger partial charge in [-0.3, -0.25) is 0 Å². The molecule has 0 heterocycles. The van der Waals surface area contributed by atoms with Crippen molar-refractivity contribution in [3.05, 3.63) is 119 Å². The minimum atomic E-state index is 0.375. The lowest BCUT2D eigenvalue weighted by Crippen LogP contribution is -2.13. The Morgan fingerprint density at radius 3 is 0.463 bits per heavy atom. The van der Waals surface area contributed by atoms with Gasteiger partial charge in [-0.1, -0.05) is 48.5 Å². The average Bonchev–Trinajstić information content (AvgIpc) is 3.62. The molecule has 0 N–H and O–H groups in total. The van der Waals surface area contributed by atoms with Crippen molar-refractivity contribution in [1.29, 1.82) is 0 Å². The molecule has 0 aliphatic rings. The van der Waals surface area contributed by atoms with Gasteiger partial charge in [-0.25, -0.2) is 0 Å². The largest absolute Gasteiger partial charge is 0.491 e. The van der Waals surface area contributed by atoms with Crippen LogP contribution in [0.15, 0.2) is 97.1 Å². The molecule has 0 spiro atoms. The third-order valence-electron chi connectivity index (χ3n) is 11.5. The number of ether oxygens (including phenoxy) is 20. The molecule has 0 bridgehead atoms. The molecule has 0 aliphatic carbocycles. The zero-order chi connectivity index (χ0) is 57.9. The van der Waals surface area contributed by atoms with Gasteiger partial charge in [-0.2, -0.15) is 0 Å². The summed E-state index contributed by atoms with van der Waals surface area (Å²) < 4.78 is 112. The molecule has 20 nitrogen and oxygen atoms in total. The van der Waals surface area contributed by atoms with Crippen LogP contribution in [0.2, 0.25) is 0 Å². The first kappa shape index (κ1) is 69.7. The molecule has 20 heteroatoms. The molecular formula is C62H92O20. The van der Waals surface area contributed by atoms with Crippen LogP contribution in [0.1, 0.15) is 22.3 Å². The Morgan fingerprint density at radius 2 is 0.317 bits per heavy atom. The first-order chi connectivity index (χ1) is 40.7. The van der Waals surface area contributed by atoms with Gasteiger partial charge in [0.15, 0.2) is 0 Å². The van der Waals surface area contributed by atoms with Gasteiger partial charge < -0.3 is 94.7 Å². The second-order valence-corrected chi connectivity index (χ2v) is 17.6. The normalized spacial score (nSPS) is 11.3. The van der Waals surface area contributed by atoms with Crippen molar-refractivity contribution < 1.29 is 94.7 Å². The van der Waals surface area contributed by atoms with Gasteiger partial charge in [0.25, 0.3) is 0 Å². The zero-order valence-electron chi connectivity index (χ0n) is 49.0. The first-order valence-corrected chi connectivity index (χ1v) is 28.2. The lowest BCUT2D eigenvalue weighted by molar-refractivity contribution is 0.000163. The molecule has 0 fully saturated rings. The molecule has 460 valence electrons. The highest BCUT2D eigenvalue weighted by atomic mass is 16.6. The molecule has 4 rings (SSSR count). The van der Waals surface area contributed by atoms with E-state index in [4.69, 9.17) is 94.7 Å². The van der Waals surface area contributed by atoms with E-state index in [2.05, 4.69) is 48.5 Å². The molecule has 4 aromatic rings. The summed E-state index contributed by atoms with van der Waals surface area (Å²) in [7, 11) is 6.59. The fraction of sp³-hybridized carbons (Fsp3) is 0.581. The molecule has 0 unspecified atom stereocenters. The van der Waals surface area contributed by atoms with Gasteiger partial charge in [0.05, 0.1) is 185 Å². The Morgan fingerprint density at radius 1 is 0.183 bits per heavy atom. The van der Waals surface area contributed by atoms with Crippen LogP contribution in [0.5, 0.6) is 23.0 Å². The molecule has 0 saturated carbocycles. The standard InChI is InChI=1S/C62H92O20/c1-63-21-25-67-29-33-71-37-41-75-45-49-79-57-13-5-53(6-14-57)61(54-7-15-58(16-8-54)80-50-46-76-42-38-72-34-30-68-26-22-64-2)62(55-9-17-59(18-10-55)81-51-47-77-43-39-73-35-31-69-27-23-65-3)56-11-19-60(20-12-56)82-52-48-78-44-40-74-36-32-70-28-24-66-4/h5-20H,21-52H2,1-4H3. The van der Waals surface area contributed by atoms with Crippen LogP contribution in [0.25, 0.3) is 11.1 Å². The number of methoxy groups -OCH3 is 4. The Bertz CT molecular complexity index is 1800. The SMILES string of the molecule is COCCOCCOCCOCCOc1ccc(C(=C(c2ccc(OCCOCCOCCOCCOC)cc2)c2ccc(OCCOCCOCCOCCOC)cc2)c2ccc(OCCOCCOCCOCCOC)cc2)cc1. The number of benzene rings is 4. The third-order valence-corrected chi connectivity index (χ3v) is 11.5. The number of hydrogen-bond acceptors (Lipinski definition) is 20. The van der Waals surface area contributed by atoms with E-state index in [0.29, 0.717) is 234 Å². The second-order valence-electron chi connectivity index (χ2n) is 17.6. The van der Waals surface area contributed by atoms with Crippen LogP contribution in [-0.2, 0) is 75.8 Å². The van der Waals surface area contributed by atoms with Crippen molar-refractivity contribution >= 4 is 11.1 Å². The molecule has 0 aliphatic heterocycles. The minimum absolute atomic E-state index is 0.375. The fourth-order valence-corrected chi connectivity index (χ4v) is 7.39. The van der Waals surface area contributed by atoms with Crippen LogP contribution >= 0.6 is 0 Å². The van der Waals surface area contributed by atoms with Crippen molar-refractivity contribution in [2.45, 2.75) is 0 Å².